The van der Waals surface area contributed by atoms with E-state index in [4.69, 9.17) is 11.6 Å². The summed E-state index contributed by atoms with van der Waals surface area (Å²) in [7, 11) is 2.17. The van der Waals surface area contributed by atoms with Gasteiger partial charge in [-0.15, -0.1) is 0 Å². The summed E-state index contributed by atoms with van der Waals surface area (Å²) in [4.78, 5) is 2.35. The fourth-order valence-electron chi connectivity index (χ4n) is 2.99. The molecule has 1 aromatic carbocycles. The van der Waals surface area contributed by atoms with Crippen molar-refractivity contribution in [1.29, 1.82) is 0 Å². The second-order valence-corrected chi connectivity index (χ2v) is 6.51. The lowest BCUT2D eigenvalue weighted by Crippen LogP contribution is -2.32. The number of rotatable bonds is 7. The van der Waals surface area contributed by atoms with Crippen LogP contribution in [0, 0.1) is 5.92 Å². The summed E-state index contributed by atoms with van der Waals surface area (Å²) in [5.74, 6) is 0.919. The summed E-state index contributed by atoms with van der Waals surface area (Å²) >= 11 is 6.01. The van der Waals surface area contributed by atoms with Gasteiger partial charge in [-0.2, -0.15) is 0 Å². The molecule has 0 saturated heterocycles. The van der Waals surface area contributed by atoms with Gasteiger partial charge in [0.15, 0.2) is 0 Å². The Bertz CT molecular complexity index is 388. The summed E-state index contributed by atoms with van der Waals surface area (Å²) in [5.41, 5.74) is 1.28. The van der Waals surface area contributed by atoms with Crippen LogP contribution in [-0.2, 0) is 6.54 Å². The van der Waals surface area contributed by atoms with Crippen LogP contribution in [0.4, 0.5) is 0 Å². The van der Waals surface area contributed by atoms with Crippen LogP contribution in [-0.4, -0.2) is 31.6 Å². The highest BCUT2D eigenvalue weighted by molar-refractivity contribution is 6.30. The molecule has 1 aromatic rings. The molecule has 0 radical (unpaired) electrons. The third-order valence-corrected chi connectivity index (χ3v) is 4.40. The number of halogens is 1. The minimum atomic E-state index is 0.825. The maximum atomic E-state index is 6.01. The quantitative estimate of drug-likeness (QED) is 0.766. The molecule has 0 heterocycles. The smallest absolute Gasteiger partial charge is 0.0409 e. The molecule has 3 heteroatoms. The van der Waals surface area contributed by atoms with Crippen LogP contribution >= 0.6 is 11.6 Å². The zero-order chi connectivity index (χ0) is 14.2. The van der Waals surface area contributed by atoms with Gasteiger partial charge in [0, 0.05) is 24.7 Å². The Balaban J connectivity index is 1.59. The molecule has 0 amide bonds. The van der Waals surface area contributed by atoms with Crippen LogP contribution in [0.5, 0.6) is 0 Å². The minimum Gasteiger partial charge on any atom is -0.315 e. The number of nitrogens with one attached hydrogen (secondary N) is 1. The Kier molecular flexibility index (Phi) is 6.85. The molecule has 0 unspecified atom stereocenters. The van der Waals surface area contributed by atoms with E-state index in [0.29, 0.717) is 0 Å². The number of hydrogen-bond donors (Lipinski definition) is 1. The standard InChI is InChI=1S/C17H27ClN2/c1-20(14-16-8-5-9-17(18)12-16)11-10-19-13-15-6-3-2-4-7-15/h5,8-9,12,15,19H,2-4,6-7,10-11,13-14H2,1H3. The van der Waals surface area contributed by atoms with Crippen LogP contribution in [0.1, 0.15) is 37.7 Å². The van der Waals surface area contributed by atoms with Crippen molar-refractivity contribution in [2.24, 2.45) is 5.92 Å². The van der Waals surface area contributed by atoms with Crippen LogP contribution in [0.15, 0.2) is 24.3 Å². The van der Waals surface area contributed by atoms with Crippen molar-refractivity contribution in [3.05, 3.63) is 34.9 Å². The van der Waals surface area contributed by atoms with Crippen molar-refractivity contribution in [3.63, 3.8) is 0 Å². The normalized spacial score (nSPS) is 16.8. The van der Waals surface area contributed by atoms with Crippen molar-refractivity contribution in [1.82, 2.24) is 10.2 Å². The van der Waals surface area contributed by atoms with E-state index in [0.717, 1.165) is 30.6 Å². The van der Waals surface area contributed by atoms with E-state index >= 15 is 0 Å². The highest BCUT2D eigenvalue weighted by Gasteiger charge is 2.12. The average Bonchev–Trinajstić information content (AvgIpc) is 2.45. The number of hydrogen-bond acceptors (Lipinski definition) is 2. The highest BCUT2D eigenvalue weighted by Crippen LogP contribution is 2.22. The fraction of sp³-hybridized carbons (Fsp3) is 0.647. The second-order valence-electron chi connectivity index (χ2n) is 6.08. The summed E-state index contributed by atoms with van der Waals surface area (Å²) in [6.07, 6.45) is 7.15. The molecular formula is C17H27ClN2. The van der Waals surface area contributed by atoms with Crippen LogP contribution in [0.25, 0.3) is 0 Å². The molecule has 0 bridgehead atoms. The largest absolute Gasteiger partial charge is 0.315 e. The zero-order valence-electron chi connectivity index (χ0n) is 12.6. The van der Waals surface area contributed by atoms with Crippen LogP contribution < -0.4 is 5.32 Å². The van der Waals surface area contributed by atoms with Gasteiger partial charge in [-0.05, 0) is 50.0 Å². The van der Waals surface area contributed by atoms with Gasteiger partial charge in [0.2, 0.25) is 0 Å². The van der Waals surface area contributed by atoms with Crippen LogP contribution in [0.2, 0.25) is 5.02 Å². The maximum Gasteiger partial charge on any atom is 0.0409 e. The monoisotopic (exact) mass is 294 g/mol. The van der Waals surface area contributed by atoms with Crippen molar-refractivity contribution >= 4 is 11.6 Å². The second kappa shape index (κ2) is 8.66. The summed E-state index contributed by atoms with van der Waals surface area (Å²) in [6, 6.07) is 8.13. The van der Waals surface area contributed by atoms with Gasteiger partial charge in [-0.3, -0.25) is 0 Å². The molecule has 1 fully saturated rings. The Labute approximate surface area is 128 Å². The lowest BCUT2D eigenvalue weighted by atomic mass is 9.89. The van der Waals surface area contributed by atoms with Gasteiger partial charge < -0.3 is 10.2 Å². The molecule has 1 N–H and O–H groups in total. The maximum absolute atomic E-state index is 6.01. The van der Waals surface area contributed by atoms with Gasteiger partial charge in [-0.1, -0.05) is 43.0 Å². The van der Waals surface area contributed by atoms with E-state index in [1.165, 1.54) is 44.2 Å². The molecule has 1 saturated carbocycles. The van der Waals surface area contributed by atoms with Crippen molar-refractivity contribution in [2.75, 3.05) is 26.7 Å². The van der Waals surface area contributed by atoms with Crippen LogP contribution in [0.3, 0.4) is 0 Å². The first kappa shape index (κ1) is 15.8. The molecule has 0 aliphatic heterocycles. The minimum absolute atomic E-state index is 0.825. The molecule has 1 aliphatic rings. The number of benzene rings is 1. The van der Waals surface area contributed by atoms with E-state index in [1.54, 1.807) is 0 Å². The summed E-state index contributed by atoms with van der Waals surface area (Å²) < 4.78 is 0. The number of likely N-dealkylation sites (N-methyl/N-ethyl adjacent to an activating group) is 1. The molecule has 0 atom stereocenters. The van der Waals surface area contributed by atoms with E-state index in [2.05, 4.69) is 23.3 Å². The molecule has 1 aliphatic carbocycles. The third-order valence-electron chi connectivity index (χ3n) is 4.17. The summed E-state index contributed by atoms with van der Waals surface area (Å²) in [6.45, 7) is 4.32. The summed E-state index contributed by atoms with van der Waals surface area (Å²) in [5, 5.41) is 4.44. The van der Waals surface area contributed by atoms with Crippen molar-refractivity contribution < 1.29 is 0 Å². The Hall–Kier alpha value is -0.570. The lowest BCUT2D eigenvalue weighted by molar-refractivity contribution is 0.304. The molecular weight excluding hydrogens is 268 g/mol. The first-order valence-corrected chi connectivity index (χ1v) is 8.25. The Morgan fingerprint density at radius 3 is 2.80 bits per heavy atom. The Morgan fingerprint density at radius 1 is 1.25 bits per heavy atom. The molecule has 0 aromatic heterocycles. The van der Waals surface area contributed by atoms with Gasteiger partial charge in [0.25, 0.3) is 0 Å². The van der Waals surface area contributed by atoms with Crippen molar-refractivity contribution in [2.45, 2.75) is 38.6 Å². The lowest BCUT2D eigenvalue weighted by Gasteiger charge is -2.23. The predicted molar refractivity (Wildman–Crippen MR) is 87.2 cm³/mol. The fourth-order valence-corrected chi connectivity index (χ4v) is 3.21. The first-order valence-electron chi connectivity index (χ1n) is 7.88. The van der Waals surface area contributed by atoms with Crippen molar-refractivity contribution in [3.8, 4) is 0 Å². The van der Waals surface area contributed by atoms with Gasteiger partial charge in [0.05, 0.1) is 0 Å². The SMILES string of the molecule is CN(CCNCC1CCCCC1)Cc1cccc(Cl)c1. The van der Waals surface area contributed by atoms with Gasteiger partial charge in [0.1, 0.15) is 0 Å². The first-order chi connectivity index (χ1) is 9.74. The van der Waals surface area contributed by atoms with E-state index in [-0.39, 0.29) is 0 Å². The van der Waals surface area contributed by atoms with E-state index < -0.39 is 0 Å². The van der Waals surface area contributed by atoms with E-state index in [9.17, 15) is 0 Å². The van der Waals surface area contributed by atoms with Gasteiger partial charge >= 0.3 is 0 Å². The molecule has 2 nitrogen and oxygen atoms in total. The highest BCUT2D eigenvalue weighted by atomic mass is 35.5. The molecule has 2 rings (SSSR count). The van der Waals surface area contributed by atoms with Gasteiger partial charge in [-0.25, -0.2) is 0 Å². The third kappa shape index (κ3) is 5.82. The number of nitrogens with zero attached hydrogens (tertiary/aromatic N) is 1. The average molecular weight is 295 g/mol. The zero-order valence-corrected chi connectivity index (χ0v) is 13.3. The Morgan fingerprint density at radius 2 is 2.05 bits per heavy atom. The topological polar surface area (TPSA) is 15.3 Å². The molecule has 20 heavy (non-hydrogen) atoms. The molecule has 0 spiro atoms. The molecule has 112 valence electrons. The predicted octanol–water partition coefficient (Wildman–Crippen LogP) is 3.94. The van der Waals surface area contributed by atoms with E-state index in [1.807, 2.05) is 18.2 Å².